The molecular formula is C13H13Cl2NO. The highest BCUT2D eigenvalue weighted by molar-refractivity contribution is 6.35. The molecule has 0 aliphatic rings. The molecule has 0 saturated heterocycles. The Kier molecular flexibility index (Phi) is 3.77. The molecule has 0 aliphatic carbocycles. The van der Waals surface area contributed by atoms with E-state index >= 15 is 0 Å². The Morgan fingerprint density at radius 1 is 1.18 bits per heavy atom. The maximum atomic E-state index is 6.22. The van der Waals surface area contributed by atoms with Gasteiger partial charge in [0.05, 0.1) is 12.3 Å². The van der Waals surface area contributed by atoms with Crippen LogP contribution in [0.1, 0.15) is 22.9 Å². The summed E-state index contributed by atoms with van der Waals surface area (Å²) in [4.78, 5) is 0. The summed E-state index contributed by atoms with van der Waals surface area (Å²) in [5, 5.41) is 4.52. The molecule has 1 aromatic carbocycles. The highest BCUT2D eigenvalue weighted by Crippen LogP contribution is 2.31. The van der Waals surface area contributed by atoms with Crippen molar-refractivity contribution in [3.8, 4) is 0 Å². The van der Waals surface area contributed by atoms with Gasteiger partial charge in [0.25, 0.3) is 0 Å². The van der Waals surface area contributed by atoms with Crippen LogP contribution in [0.3, 0.4) is 0 Å². The lowest BCUT2D eigenvalue weighted by molar-refractivity contribution is 0.523. The van der Waals surface area contributed by atoms with E-state index in [2.05, 4.69) is 5.32 Å². The van der Waals surface area contributed by atoms with E-state index in [9.17, 15) is 0 Å². The summed E-state index contributed by atoms with van der Waals surface area (Å²) in [6, 6.07) is 7.47. The van der Waals surface area contributed by atoms with Crippen LogP contribution >= 0.6 is 23.2 Å². The van der Waals surface area contributed by atoms with Gasteiger partial charge in [0, 0.05) is 15.6 Å². The molecule has 1 aromatic heterocycles. The molecule has 2 aromatic rings. The van der Waals surface area contributed by atoms with Crippen molar-refractivity contribution in [3.63, 3.8) is 0 Å². The number of benzene rings is 1. The van der Waals surface area contributed by atoms with Gasteiger partial charge in [-0.2, -0.15) is 0 Å². The van der Waals surface area contributed by atoms with Crippen molar-refractivity contribution in [2.45, 2.75) is 13.0 Å². The molecule has 1 N–H and O–H groups in total. The number of halogens is 2. The average Bonchev–Trinajstić information content (AvgIpc) is 2.69. The highest BCUT2D eigenvalue weighted by atomic mass is 35.5. The van der Waals surface area contributed by atoms with Crippen molar-refractivity contribution in [1.82, 2.24) is 5.32 Å². The Hall–Kier alpha value is -0.960. The Labute approximate surface area is 111 Å². The predicted octanol–water partition coefficient (Wildman–Crippen LogP) is 4.20. The van der Waals surface area contributed by atoms with Crippen molar-refractivity contribution < 1.29 is 4.42 Å². The molecule has 2 rings (SSSR count). The second-order valence-corrected chi connectivity index (χ2v) is 4.66. The first-order valence-electron chi connectivity index (χ1n) is 5.29. The molecule has 0 spiro atoms. The predicted molar refractivity (Wildman–Crippen MR) is 70.8 cm³/mol. The zero-order valence-corrected chi connectivity index (χ0v) is 11.1. The van der Waals surface area contributed by atoms with Crippen LogP contribution < -0.4 is 5.32 Å². The third-order valence-corrected chi connectivity index (χ3v) is 3.33. The van der Waals surface area contributed by atoms with E-state index in [4.69, 9.17) is 27.6 Å². The molecule has 0 fully saturated rings. The first-order valence-corrected chi connectivity index (χ1v) is 6.05. The van der Waals surface area contributed by atoms with Gasteiger partial charge in [0.2, 0.25) is 0 Å². The van der Waals surface area contributed by atoms with Gasteiger partial charge in [-0.1, -0.05) is 29.3 Å². The Morgan fingerprint density at radius 2 is 1.94 bits per heavy atom. The molecule has 0 bridgehead atoms. The summed E-state index contributed by atoms with van der Waals surface area (Å²) in [5.41, 5.74) is 2.07. The van der Waals surface area contributed by atoms with Crippen LogP contribution in [0.25, 0.3) is 0 Å². The van der Waals surface area contributed by atoms with Gasteiger partial charge in [0.15, 0.2) is 0 Å². The van der Waals surface area contributed by atoms with Gasteiger partial charge < -0.3 is 9.73 Å². The lowest BCUT2D eigenvalue weighted by Gasteiger charge is -2.17. The molecule has 0 radical (unpaired) electrons. The number of aryl methyl sites for hydroxylation is 1. The topological polar surface area (TPSA) is 25.2 Å². The molecule has 1 unspecified atom stereocenters. The fourth-order valence-electron chi connectivity index (χ4n) is 1.91. The summed E-state index contributed by atoms with van der Waals surface area (Å²) in [7, 11) is 1.89. The SMILES string of the molecule is CNC(c1ccc(Cl)cc1Cl)c1ccoc1C. The van der Waals surface area contributed by atoms with Gasteiger partial charge in [0.1, 0.15) is 5.76 Å². The largest absolute Gasteiger partial charge is 0.469 e. The second-order valence-electron chi connectivity index (χ2n) is 3.82. The van der Waals surface area contributed by atoms with Crippen LogP contribution in [0, 0.1) is 6.92 Å². The Balaban J connectivity index is 2.46. The van der Waals surface area contributed by atoms with Gasteiger partial charge in [-0.25, -0.2) is 0 Å². The summed E-state index contributed by atoms with van der Waals surface area (Å²) < 4.78 is 5.32. The van der Waals surface area contributed by atoms with Crippen molar-refractivity contribution in [2.75, 3.05) is 7.05 Å². The summed E-state index contributed by atoms with van der Waals surface area (Å²) >= 11 is 12.1. The molecule has 1 heterocycles. The number of hydrogen-bond donors (Lipinski definition) is 1. The van der Waals surface area contributed by atoms with Crippen LogP contribution in [0.15, 0.2) is 34.9 Å². The molecule has 4 heteroatoms. The fraction of sp³-hybridized carbons (Fsp3) is 0.231. The molecule has 17 heavy (non-hydrogen) atoms. The molecule has 2 nitrogen and oxygen atoms in total. The van der Waals surface area contributed by atoms with E-state index in [1.807, 2.05) is 32.2 Å². The molecule has 0 saturated carbocycles. The lowest BCUT2D eigenvalue weighted by atomic mass is 9.99. The van der Waals surface area contributed by atoms with Crippen molar-refractivity contribution in [1.29, 1.82) is 0 Å². The minimum absolute atomic E-state index is 0.0125. The van der Waals surface area contributed by atoms with Gasteiger partial charge >= 0.3 is 0 Å². The fourth-order valence-corrected chi connectivity index (χ4v) is 2.43. The van der Waals surface area contributed by atoms with Crippen LogP contribution in [-0.2, 0) is 0 Å². The second kappa shape index (κ2) is 5.13. The van der Waals surface area contributed by atoms with Gasteiger partial charge in [-0.15, -0.1) is 0 Å². The van der Waals surface area contributed by atoms with E-state index in [-0.39, 0.29) is 6.04 Å². The zero-order chi connectivity index (χ0) is 12.4. The quantitative estimate of drug-likeness (QED) is 0.904. The zero-order valence-electron chi connectivity index (χ0n) is 9.63. The monoisotopic (exact) mass is 269 g/mol. The maximum Gasteiger partial charge on any atom is 0.105 e. The number of rotatable bonds is 3. The van der Waals surface area contributed by atoms with Gasteiger partial charge in [-0.05, 0) is 37.7 Å². The lowest BCUT2D eigenvalue weighted by Crippen LogP contribution is -2.18. The Bertz CT molecular complexity index is 522. The first kappa shape index (κ1) is 12.5. The molecule has 0 aliphatic heterocycles. The third-order valence-electron chi connectivity index (χ3n) is 2.77. The van der Waals surface area contributed by atoms with Crippen molar-refractivity contribution >= 4 is 23.2 Å². The van der Waals surface area contributed by atoms with Crippen LogP contribution in [0.4, 0.5) is 0 Å². The van der Waals surface area contributed by atoms with Crippen LogP contribution in [0.2, 0.25) is 10.0 Å². The number of hydrogen-bond acceptors (Lipinski definition) is 2. The number of furan rings is 1. The minimum atomic E-state index is 0.0125. The standard InChI is InChI=1S/C13H13Cl2NO/c1-8-10(5-6-17-8)13(16-2)11-4-3-9(14)7-12(11)15/h3-7,13,16H,1-2H3. The normalized spacial score (nSPS) is 12.7. The molecule has 90 valence electrons. The van der Waals surface area contributed by atoms with Gasteiger partial charge in [-0.3, -0.25) is 0 Å². The highest BCUT2D eigenvalue weighted by Gasteiger charge is 2.18. The van der Waals surface area contributed by atoms with Crippen molar-refractivity contribution in [2.24, 2.45) is 0 Å². The maximum absolute atomic E-state index is 6.22. The third kappa shape index (κ3) is 2.49. The van der Waals surface area contributed by atoms with E-state index in [0.29, 0.717) is 10.0 Å². The van der Waals surface area contributed by atoms with E-state index in [1.165, 1.54) is 0 Å². The molecule has 1 atom stereocenters. The Morgan fingerprint density at radius 3 is 2.47 bits per heavy atom. The number of nitrogens with one attached hydrogen (secondary N) is 1. The smallest absolute Gasteiger partial charge is 0.105 e. The van der Waals surface area contributed by atoms with Crippen LogP contribution in [0.5, 0.6) is 0 Å². The van der Waals surface area contributed by atoms with Crippen molar-refractivity contribution in [3.05, 3.63) is 57.5 Å². The van der Waals surface area contributed by atoms with E-state index in [0.717, 1.165) is 16.9 Å². The first-order chi connectivity index (χ1) is 8.13. The van der Waals surface area contributed by atoms with E-state index in [1.54, 1.807) is 12.3 Å². The molecule has 0 amide bonds. The average molecular weight is 270 g/mol. The summed E-state index contributed by atoms with van der Waals surface area (Å²) in [6.45, 7) is 1.93. The summed E-state index contributed by atoms with van der Waals surface area (Å²) in [6.07, 6.45) is 1.68. The van der Waals surface area contributed by atoms with E-state index < -0.39 is 0 Å². The molecular weight excluding hydrogens is 257 g/mol. The van der Waals surface area contributed by atoms with Crippen LogP contribution in [-0.4, -0.2) is 7.05 Å². The minimum Gasteiger partial charge on any atom is -0.469 e. The summed E-state index contributed by atoms with van der Waals surface area (Å²) in [5.74, 6) is 0.885.